The minimum absolute atomic E-state index is 0.198. The largest absolute Gasteiger partial charge is 0.455 e. The molecule has 4 nitrogen and oxygen atoms in total. The Bertz CT molecular complexity index is 759. The molecule has 3 aliphatic carbocycles. The molecule has 5 aliphatic rings. The SMILES string of the molecule is CC1=C2C(=O)OC3(CCCCC3)C2(C)CC2=C1C(=O)OC21CCCCC1. The molecule has 4 heteroatoms. The topological polar surface area (TPSA) is 52.6 Å². The lowest BCUT2D eigenvalue weighted by Gasteiger charge is -2.47. The summed E-state index contributed by atoms with van der Waals surface area (Å²) in [7, 11) is 0. The quantitative estimate of drug-likeness (QED) is 0.599. The number of hydrogen-bond donors (Lipinski definition) is 0. The summed E-state index contributed by atoms with van der Waals surface area (Å²) in [5.41, 5.74) is 2.32. The fourth-order valence-electron chi connectivity index (χ4n) is 6.66. The number of hydrogen-bond acceptors (Lipinski definition) is 4. The van der Waals surface area contributed by atoms with E-state index in [9.17, 15) is 9.59 Å². The van der Waals surface area contributed by atoms with Crippen LogP contribution < -0.4 is 0 Å². The Balaban J connectivity index is 1.67. The first-order valence-corrected chi connectivity index (χ1v) is 10.3. The van der Waals surface area contributed by atoms with Crippen molar-refractivity contribution in [3.05, 3.63) is 22.3 Å². The Morgan fingerprint density at radius 2 is 1.42 bits per heavy atom. The van der Waals surface area contributed by atoms with Gasteiger partial charge in [-0.25, -0.2) is 9.59 Å². The summed E-state index contributed by atoms with van der Waals surface area (Å²) in [6, 6.07) is 0. The minimum Gasteiger partial charge on any atom is -0.455 e. The van der Waals surface area contributed by atoms with Crippen molar-refractivity contribution in [2.45, 2.75) is 95.7 Å². The van der Waals surface area contributed by atoms with Crippen LogP contribution in [0.15, 0.2) is 22.3 Å². The standard InChI is InChI=1S/C22H28O4/c1-14-16-15(21(25-18(16)23)9-5-3-6-10-21)13-20(2)17(14)19(24)26-22(20)11-7-4-8-12-22/h3-13H2,1-2H3. The molecular formula is C22H28O4. The fraction of sp³-hybridized carbons (Fsp3) is 0.727. The zero-order chi connectivity index (χ0) is 18.2. The Morgan fingerprint density at radius 1 is 0.808 bits per heavy atom. The van der Waals surface area contributed by atoms with Gasteiger partial charge in [-0.3, -0.25) is 0 Å². The summed E-state index contributed by atoms with van der Waals surface area (Å²) in [4.78, 5) is 25.7. The van der Waals surface area contributed by atoms with Crippen LogP contribution in [0.25, 0.3) is 0 Å². The minimum atomic E-state index is -0.415. The number of rotatable bonds is 0. The van der Waals surface area contributed by atoms with Crippen LogP contribution in [0.1, 0.15) is 84.5 Å². The van der Waals surface area contributed by atoms with Gasteiger partial charge in [0.1, 0.15) is 11.2 Å². The molecule has 0 aromatic rings. The van der Waals surface area contributed by atoms with Gasteiger partial charge in [-0.05, 0) is 75.9 Å². The van der Waals surface area contributed by atoms with E-state index in [1.807, 2.05) is 6.92 Å². The van der Waals surface area contributed by atoms with Crippen LogP contribution in [0.3, 0.4) is 0 Å². The third kappa shape index (κ3) is 1.86. The van der Waals surface area contributed by atoms with Crippen LogP contribution >= 0.6 is 0 Å². The van der Waals surface area contributed by atoms with E-state index < -0.39 is 5.60 Å². The summed E-state index contributed by atoms with van der Waals surface area (Å²) in [6.07, 6.45) is 11.4. The number of carbonyl (C=O) groups is 2. The lowest BCUT2D eigenvalue weighted by Crippen LogP contribution is -2.48. The summed E-state index contributed by atoms with van der Waals surface area (Å²) < 4.78 is 12.1. The lowest BCUT2D eigenvalue weighted by molar-refractivity contribution is -0.155. The van der Waals surface area contributed by atoms with Gasteiger partial charge in [-0.15, -0.1) is 0 Å². The second-order valence-electron chi connectivity index (χ2n) is 9.25. The van der Waals surface area contributed by atoms with Crippen molar-refractivity contribution >= 4 is 11.9 Å². The van der Waals surface area contributed by atoms with Gasteiger partial charge in [-0.1, -0.05) is 19.8 Å². The highest BCUT2D eigenvalue weighted by molar-refractivity contribution is 6.04. The van der Waals surface area contributed by atoms with E-state index in [4.69, 9.17) is 9.47 Å². The molecular weight excluding hydrogens is 328 g/mol. The molecule has 1 saturated heterocycles. The zero-order valence-corrected chi connectivity index (χ0v) is 15.9. The molecule has 0 aromatic carbocycles. The Labute approximate surface area is 155 Å². The Morgan fingerprint density at radius 3 is 2.08 bits per heavy atom. The van der Waals surface area contributed by atoms with Crippen molar-refractivity contribution in [1.82, 2.24) is 0 Å². The fourth-order valence-corrected chi connectivity index (χ4v) is 6.66. The van der Waals surface area contributed by atoms with Crippen LogP contribution in [-0.2, 0) is 19.1 Å². The molecule has 1 atom stereocenters. The molecule has 1 unspecified atom stereocenters. The first-order chi connectivity index (χ1) is 12.4. The van der Waals surface area contributed by atoms with Gasteiger partial charge in [0, 0.05) is 5.41 Å². The second kappa shape index (κ2) is 5.24. The van der Waals surface area contributed by atoms with Crippen molar-refractivity contribution in [1.29, 1.82) is 0 Å². The summed E-state index contributed by atoms with van der Waals surface area (Å²) in [5, 5.41) is 0. The molecule has 140 valence electrons. The van der Waals surface area contributed by atoms with Crippen LogP contribution in [0, 0.1) is 5.41 Å². The summed E-state index contributed by atoms with van der Waals surface area (Å²) >= 11 is 0. The van der Waals surface area contributed by atoms with Gasteiger partial charge < -0.3 is 9.47 Å². The normalized spacial score (nSPS) is 34.8. The van der Waals surface area contributed by atoms with Gasteiger partial charge in [-0.2, -0.15) is 0 Å². The molecule has 26 heavy (non-hydrogen) atoms. The molecule has 2 heterocycles. The average Bonchev–Trinajstić information content (AvgIpc) is 2.98. The number of esters is 2. The van der Waals surface area contributed by atoms with Crippen molar-refractivity contribution < 1.29 is 19.1 Å². The van der Waals surface area contributed by atoms with E-state index in [2.05, 4.69) is 6.92 Å². The Hall–Kier alpha value is -1.58. The number of carbonyl (C=O) groups excluding carboxylic acids is 2. The Kier molecular flexibility index (Phi) is 3.34. The van der Waals surface area contributed by atoms with E-state index >= 15 is 0 Å². The van der Waals surface area contributed by atoms with E-state index in [-0.39, 0.29) is 23.0 Å². The van der Waals surface area contributed by atoms with Gasteiger partial charge >= 0.3 is 11.9 Å². The maximum absolute atomic E-state index is 12.9. The van der Waals surface area contributed by atoms with E-state index in [0.29, 0.717) is 5.57 Å². The molecule has 2 spiro atoms. The van der Waals surface area contributed by atoms with Crippen LogP contribution in [0.4, 0.5) is 0 Å². The predicted octanol–water partition coefficient (Wildman–Crippen LogP) is 4.53. The first kappa shape index (κ1) is 16.6. The van der Waals surface area contributed by atoms with Crippen LogP contribution in [0.2, 0.25) is 0 Å². The molecule has 0 bridgehead atoms. The number of ether oxygens (including phenoxy) is 2. The third-order valence-corrected chi connectivity index (χ3v) is 8.00. The lowest BCUT2D eigenvalue weighted by atomic mass is 9.56. The van der Waals surface area contributed by atoms with Gasteiger partial charge in [0.15, 0.2) is 0 Å². The van der Waals surface area contributed by atoms with E-state index in [1.54, 1.807) is 0 Å². The monoisotopic (exact) mass is 356 g/mol. The third-order valence-electron chi connectivity index (χ3n) is 8.00. The molecule has 0 N–H and O–H groups in total. The summed E-state index contributed by atoms with van der Waals surface area (Å²) in [5.74, 6) is -0.415. The zero-order valence-electron chi connectivity index (χ0n) is 15.9. The molecule has 0 radical (unpaired) electrons. The van der Waals surface area contributed by atoms with Crippen molar-refractivity contribution in [2.24, 2.45) is 5.41 Å². The van der Waals surface area contributed by atoms with Crippen molar-refractivity contribution in [2.75, 3.05) is 0 Å². The highest BCUT2D eigenvalue weighted by Crippen LogP contribution is 2.64. The van der Waals surface area contributed by atoms with Crippen LogP contribution in [-0.4, -0.2) is 23.1 Å². The highest BCUT2D eigenvalue weighted by Gasteiger charge is 2.66. The van der Waals surface area contributed by atoms with Gasteiger partial charge in [0.2, 0.25) is 0 Å². The highest BCUT2D eigenvalue weighted by atomic mass is 16.6. The molecule has 0 amide bonds. The van der Waals surface area contributed by atoms with Gasteiger partial charge in [0.25, 0.3) is 0 Å². The summed E-state index contributed by atoms with van der Waals surface area (Å²) in [6.45, 7) is 4.15. The number of fused-ring (bicyclic) bond motifs is 3. The first-order valence-electron chi connectivity index (χ1n) is 10.3. The average molecular weight is 356 g/mol. The second-order valence-corrected chi connectivity index (χ2v) is 9.25. The van der Waals surface area contributed by atoms with E-state index in [0.717, 1.165) is 68.9 Å². The smallest absolute Gasteiger partial charge is 0.339 e. The van der Waals surface area contributed by atoms with Crippen molar-refractivity contribution in [3.63, 3.8) is 0 Å². The molecule has 2 saturated carbocycles. The van der Waals surface area contributed by atoms with Gasteiger partial charge in [0.05, 0.1) is 11.1 Å². The maximum atomic E-state index is 12.9. The van der Waals surface area contributed by atoms with E-state index in [1.165, 1.54) is 18.4 Å². The molecule has 3 fully saturated rings. The van der Waals surface area contributed by atoms with Crippen molar-refractivity contribution in [3.8, 4) is 0 Å². The maximum Gasteiger partial charge on any atom is 0.339 e. The molecule has 0 aromatic heterocycles. The molecule has 5 rings (SSSR count). The molecule has 2 aliphatic heterocycles. The van der Waals surface area contributed by atoms with Crippen LogP contribution in [0.5, 0.6) is 0 Å². The predicted molar refractivity (Wildman–Crippen MR) is 96.3 cm³/mol.